The third-order valence-electron chi connectivity index (χ3n) is 3.93. The van der Waals surface area contributed by atoms with Crippen molar-refractivity contribution in [2.75, 3.05) is 14.2 Å². The van der Waals surface area contributed by atoms with E-state index >= 15 is 0 Å². The van der Waals surface area contributed by atoms with E-state index in [2.05, 4.69) is 11.9 Å². The van der Waals surface area contributed by atoms with E-state index < -0.39 is 0 Å². The predicted molar refractivity (Wildman–Crippen MR) is 82.6 cm³/mol. The zero-order chi connectivity index (χ0) is 13.8. The summed E-state index contributed by atoms with van der Waals surface area (Å²) in [5.74, 6) is 0.907. The Kier molecular flexibility index (Phi) is 4.77. The van der Waals surface area contributed by atoms with Gasteiger partial charge >= 0.3 is 0 Å². The van der Waals surface area contributed by atoms with E-state index in [-0.39, 0.29) is 0 Å². The molecule has 0 aliphatic heterocycles. The molecule has 1 aliphatic carbocycles. The lowest BCUT2D eigenvalue weighted by Gasteiger charge is -2.25. The van der Waals surface area contributed by atoms with Crippen molar-refractivity contribution in [2.45, 2.75) is 38.3 Å². The fourth-order valence-corrected chi connectivity index (χ4v) is 2.93. The first-order valence-corrected chi connectivity index (χ1v) is 7.19. The van der Waals surface area contributed by atoms with Gasteiger partial charge in [-0.2, -0.15) is 0 Å². The summed E-state index contributed by atoms with van der Waals surface area (Å²) in [5.41, 5.74) is 7.77. The number of hydrogen-bond donors (Lipinski definition) is 1. The molecule has 3 nitrogen and oxygen atoms in total. The first-order valence-electron chi connectivity index (χ1n) is 6.78. The second-order valence-corrected chi connectivity index (χ2v) is 5.68. The summed E-state index contributed by atoms with van der Waals surface area (Å²) in [6.07, 6.45) is 5.29. The molecule has 0 heterocycles. The zero-order valence-electron chi connectivity index (χ0n) is 11.7. The molecule has 0 radical (unpaired) electrons. The van der Waals surface area contributed by atoms with Gasteiger partial charge in [-0.1, -0.05) is 25.1 Å². The van der Waals surface area contributed by atoms with Crippen LogP contribution in [-0.4, -0.2) is 30.1 Å². The van der Waals surface area contributed by atoms with Gasteiger partial charge in [0.15, 0.2) is 0 Å². The van der Waals surface area contributed by atoms with Crippen molar-refractivity contribution in [1.82, 2.24) is 4.90 Å². The van der Waals surface area contributed by atoms with Gasteiger partial charge in [0.05, 0.1) is 7.11 Å². The van der Waals surface area contributed by atoms with Crippen molar-refractivity contribution in [3.63, 3.8) is 0 Å². The molecule has 19 heavy (non-hydrogen) atoms. The number of thiocarbonyl (C=S) groups is 1. The van der Waals surface area contributed by atoms with Crippen molar-refractivity contribution in [1.29, 1.82) is 0 Å². The van der Waals surface area contributed by atoms with Crippen LogP contribution in [0.1, 0.15) is 36.8 Å². The van der Waals surface area contributed by atoms with Crippen molar-refractivity contribution >= 4 is 17.2 Å². The normalized spacial score (nSPS) is 15.9. The van der Waals surface area contributed by atoms with Crippen molar-refractivity contribution in [3.05, 3.63) is 29.3 Å². The Hall–Kier alpha value is -1.13. The monoisotopic (exact) mass is 278 g/mol. The molecule has 2 rings (SSSR count). The number of ether oxygens (including phenoxy) is 1. The molecular weight excluding hydrogens is 256 g/mol. The number of hydrogen-bond acceptors (Lipinski definition) is 3. The Bertz CT molecular complexity index is 455. The van der Waals surface area contributed by atoms with Crippen LogP contribution >= 0.6 is 12.2 Å². The standard InChI is InChI=1S/C15H22N2OS/c1-17(13-5-3-4-6-13)10-12-9-11(15(16)19)7-8-14(12)18-2/h7-9,13H,3-6,10H2,1-2H3,(H2,16,19). The molecule has 0 aromatic heterocycles. The highest BCUT2D eigenvalue weighted by Crippen LogP contribution is 2.27. The van der Waals surface area contributed by atoms with E-state index in [1.807, 2.05) is 18.2 Å². The number of nitrogens with zero attached hydrogens (tertiary/aromatic N) is 1. The van der Waals surface area contributed by atoms with E-state index in [1.165, 1.54) is 25.7 Å². The van der Waals surface area contributed by atoms with Gasteiger partial charge in [-0.3, -0.25) is 4.90 Å². The molecule has 0 saturated heterocycles. The maximum absolute atomic E-state index is 5.70. The lowest BCUT2D eigenvalue weighted by atomic mass is 10.1. The summed E-state index contributed by atoms with van der Waals surface area (Å²) in [6.45, 7) is 0.879. The Balaban J connectivity index is 2.16. The summed E-state index contributed by atoms with van der Waals surface area (Å²) in [7, 11) is 3.89. The van der Waals surface area contributed by atoms with Gasteiger partial charge in [-0.15, -0.1) is 0 Å². The van der Waals surface area contributed by atoms with Gasteiger partial charge in [0.25, 0.3) is 0 Å². The van der Waals surface area contributed by atoms with Crippen LogP contribution in [-0.2, 0) is 6.54 Å². The third kappa shape index (κ3) is 3.45. The third-order valence-corrected chi connectivity index (χ3v) is 4.17. The fourth-order valence-electron chi connectivity index (χ4n) is 2.80. The van der Waals surface area contributed by atoms with Crippen LogP contribution in [0, 0.1) is 0 Å². The van der Waals surface area contributed by atoms with Crippen LogP contribution in [0.4, 0.5) is 0 Å². The number of nitrogens with two attached hydrogens (primary N) is 1. The van der Waals surface area contributed by atoms with Crippen molar-refractivity contribution < 1.29 is 4.74 Å². The molecule has 0 spiro atoms. The van der Waals surface area contributed by atoms with Gasteiger partial charge in [0.1, 0.15) is 10.7 Å². The second kappa shape index (κ2) is 6.35. The smallest absolute Gasteiger partial charge is 0.123 e. The van der Waals surface area contributed by atoms with Crippen LogP contribution in [0.15, 0.2) is 18.2 Å². The lowest BCUT2D eigenvalue weighted by Crippen LogP contribution is -2.28. The number of methoxy groups -OCH3 is 1. The van der Waals surface area contributed by atoms with Gasteiger partial charge in [0, 0.05) is 23.7 Å². The molecule has 0 bridgehead atoms. The Morgan fingerprint density at radius 1 is 1.42 bits per heavy atom. The molecule has 0 amide bonds. The zero-order valence-corrected chi connectivity index (χ0v) is 12.5. The molecule has 1 fully saturated rings. The SMILES string of the molecule is COc1ccc(C(N)=S)cc1CN(C)C1CCCC1. The number of rotatable bonds is 5. The highest BCUT2D eigenvalue weighted by Gasteiger charge is 2.20. The molecule has 104 valence electrons. The highest BCUT2D eigenvalue weighted by atomic mass is 32.1. The number of benzene rings is 1. The fraction of sp³-hybridized carbons (Fsp3) is 0.533. The Morgan fingerprint density at radius 2 is 2.11 bits per heavy atom. The predicted octanol–water partition coefficient (Wildman–Crippen LogP) is 2.70. The molecule has 1 aromatic carbocycles. The summed E-state index contributed by atoms with van der Waals surface area (Å²) < 4.78 is 5.43. The van der Waals surface area contributed by atoms with E-state index in [4.69, 9.17) is 22.7 Å². The van der Waals surface area contributed by atoms with Crippen LogP contribution in [0.3, 0.4) is 0 Å². The molecule has 1 aromatic rings. The summed E-state index contributed by atoms with van der Waals surface area (Å²) in [6, 6.07) is 6.61. The summed E-state index contributed by atoms with van der Waals surface area (Å²) in [4.78, 5) is 2.85. The molecule has 0 unspecified atom stereocenters. The average molecular weight is 278 g/mol. The molecule has 1 aliphatic rings. The van der Waals surface area contributed by atoms with Crippen LogP contribution in [0.25, 0.3) is 0 Å². The van der Waals surface area contributed by atoms with Crippen LogP contribution < -0.4 is 10.5 Å². The summed E-state index contributed by atoms with van der Waals surface area (Å²) >= 11 is 5.05. The van der Waals surface area contributed by atoms with Gasteiger partial charge < -0.3 is 10.5 Å². The van der Waals surface area contributed by atoms with Gasteiger partial charge in [0.2, 0.25) is 0 Å². The maximum Gasteiger partial charge on any atom is 0.123 e. The minimum atomic E-state index is 0.437. The average Bonchev–Trinajstić information content (AvgIpc) is 2.92. The van der Waals surface area contributed by atoms with Crippen LogP contribution in [0.5, 0.6) is 5.75 Å². The molecule has 2 N–H and O–H groups in total. The molecule has 0 atom stereocenters. The lowest BCUT2D eigenvalue weighted by molar-refractivity contribution is 0.234. The van der Waals surface area contributed by atoms with Gasteiger partial charge in [-0.25, -0.2) is 0 Å². The minimum Gasteiger partial charge on any atom is -0.496 e. The topological polar surface area (TPSA) is 38.5 Å². The maximum atomic E-state index is 5.70. The Labute approximate surface area is 120 Å². The first-order chi connectivity index (χ1) is 9.11. The molecule has 4 heteroatoms. The van der Waals surface area contributed by atoms with E-state index in [0.717, 1.165) is 23.4 Å². The van der Waals surface area contributed by atoms with E-state index in [0.29, 0.717) is 11.0 Å². The van der Waals surface area contributed by atoms with Crippen molar-refractivity contribution in [2.24, 2.45) is 5.73 Å². The van der Waals surface area contributed by atoms with Crippen LogP contribution in [0.2, 0.25) is 0 Å². The highest BCUT2D eigenvalue weighted by molar-refractivity contribution is 7.80. The minimum absolute atomic E-state index is 0.437. The molecule has 1 saturated carbocycles. The van der Waals surface area contributed by atoms with Crippen molar-refractivity contribution in [3.8, 4) is 5.75 Å². The van der Waals surface area contributed by atoms with Gasteiger partial charge in [-0.05, 0) is 38.1 Å². The second-order valence-electron chi connectivity index (χ2n) is 5.24. The summed E-state index contributed by atoms with van der Waals surface area (Å²) in [5, 5.41) is 0. The van der Waals surface area contributed by atoms with E-state index in [1.54, 1.807) is 7.11 Å². The largest absolute Gasteiger partial charge is 0.496 e. The van der Waals surface area contributed by atoms with E-state index in [9.17, 15) is 0 Å². The first kappa shape index (κ1) is 14.3. The quantitative estimate of drug-likeness (QED) is 0.841. The molecular formula is C15H22N2OS. The Morgan fingerprint density at radius 3 is 2.68 bits per heavy atom.